The second-order valence-corrected chi connectivity index (χ2v) is 5.82. The average Bonchev–Trinajstić information content (AvgIpc) is 3.05. The molecule has 1 heterocycles. The van der Waals surface area contributed by atoms with Crippen molar-refractivity contribution in [1.29, 1.82) is 0 Å². The van der Waals surface area contributed by atoms with Gasteiger partial charge in [0.05, 0.1) is 16.4 Å². The molecule has 0 bridgehead atoms. The molecule has 0 radical (unpaired) electrons. The Morgan fingerprint density at radius 2 is 1.80 bits per heavy atom. The summed E-state index contributed by atoms with van der Waals surface area (Å²) in [5, 5.41) is 2.44. The first-order valence-electron chi connectivity index (χ1n) is 7.54. The van der Waals surface area contributed by atoms with Crippen molar-refractivity contribution >= 4 is 29.0 Å². The number of nitrogens with one attached hydrogen (secondary N) is 1. The van der Waals surface area contributed by atoms with Gasteiger partial charge in [-0.1, -0.05) is 41.9 Å². The predicted molar refractivity (Wildman–Crippen MR) is 94.3 cm³/mol. The first kappa shape index (κ1) is 16.9. The van der Waals surface area contributed by atoms with Crippen LogP contribution < -0.4 is 5.32 Å². The van der Waals surface area contributed by atoms with Crippen LogP contribution in [0.1, 0.15) is 16.1 Å². The molecule has 3 aromatic rings. The lowest BCUT2D eigenvalue weighted by Crippen LogP contribution is -2.25. The normalized spacial score (nSPS) is 10.5. The third-order valence-electron chi connectivity index (χ3n) is 3.64. The molecule has 1 aromatic heterocycles. The van der Waals surface area contributed by atoms with Crippen molar-refractivity contribution in [2.75, 3.05) is 5.32 Å². The van der Waals surface area contributed by atoms with Crippen molar-refractivity contribution in [3.8, 4) is 0 Å². The van der Waals surface area contributed by atoms with E-state index in [0.29, 0.717) is 6.54 Å². The first-order chi connectivity index (χ1) is 12.0. The Morgan fingerprint density at radius 1 is 1.04 bits per heavy atom. The van der Waals surface area contributed by atoms with Crippen LogP contribution in [0.2, 0.25) is 5.02 Å². The number of ketones is 1. The molecule has 0 aliphatic heterocycles. The molecule has 0 saturated heterocycles. The molecule has 0 aliphatic carbocycles. The SMILES string of the molecule is O=C(Nc1ccc(F)cc1Cl)C(=O)c1cccn1Cc1ccccc1. The molecule has 4 nitrogen and oxygen atoms in total. The van der Waals surface area contributed by atoms with Crippen LogP contribution in [0.15, 0.2) is 66.9 Å². The number of hydrogen-bond donors (Lipinski definition) is 1. The van der Waals surface area contributed by atoms with E-state index in [1.807, 2.05) is 30.3 Å². The number of nitrogens with zero attached hydrogens (tertiary/aromatic N) is 1. The molecule has 0 spiro atoms. The lowest BCUT2D eigenvalue weighted by molar-refractivity contribution is -0.112. The average molecular weight is 357 g/mol. The fraction of sp³-hybridized carbons (Fsp3) is 0.0526. The van der Waals surface area contributed by atoms with Gasteiger partial charge in [-0.3, -0.25) is 9.59 Å². The molecule has 0 unspecified atom stereocenters. The summed E-state index contributed by atoms with van der Waals surface area (Å²) in [5.74, 6) is -2.05. The lowest BCUT2D eigenvalue weighted by atomic mass is 10.2. The Kier molecular flexibility index (Phi) is 4.95. The number of benzene rings is 2. The summed E-state index contributed by atoms with van der Waals surface area (Å²) < 4.78 is 14.8. The second-order valence-electron chi connectivity index (χ2n) is 5.41. The number of amides is 1. The largest absolute Gasteiger partial charge is 0.340 e. The van der Waals surface area contributed by atoms with E-state index in [9.17, 15) is 14.0 Å². The Balaban J connectivity index is 1.77. The molecule has 3 rings (SSSR count). The molecule has 1 amide bonds. The van der Waals surface area contributed by atoms with Crippen LogP contribution in [0.3, 0.4) is 0 Å². The van der Waals surface area contributed by atoms with Crippen LogP contribution in [-0.2, 0) is 11.3 Å². The van der Waals surface area contributed by atoms with Gasteiger partial charge in [-0.15, -0.1) is 0 Å². The minimum atomic E-state index is -0.832. The molecule has 6 heteroatoms. The van der Waals surface area contributed by atoms with E-state index in [4.69, 9.17) is 11.6 Å². The number of rotatable bonds is 5. The Morgan fingerprint density at radius 3 is 2.52 bits per heavy atom. The topological polar surface area (TPSA) is 51.1 Å². The van der Waals surface area contributed by atoms with Gasteiger partial charge in [0.1, 0.15) is 5.82 Å². The second kappa shape index (κ2) is 7.32. The zero-order chi connectivity index (χ0) is 17.8. The summed E-state index contributed by atoms with van der Waals surface area (Å²) in [5.41, 5.74) is 1.46. The number of carbonyl (C=O) groups is 2. The molecule has 2 aromatic carbocycles. The predicted octanol–water partition coefficient (Wildman–Crippen LogP) is 4.15. The summed E-state index contributed by atoms with van der Waals surface area (Å²) in [4.78, 5) is 24.7. The standard InChI is InChI=1S/C19H14ClFN2O2/c20-15-11-14(21)8-9-16(15)22-19(25)18(24)17-7-4-10-23(17)12-13-5-2-1-3-6-13/h1-11H,12H2,(H,22,25). The molecule has 1 N–H and O–H groups in total. The van der Waals surface area contributed by atoms with Gasteiger partial charge in [-0.05, 0) is 35.9 Å². The zero-order valence-electron chi connectivity index (χ0n) is 13.1. The molecule has 126 valence electrons. The summed E-state index contributed by atoms with van der Waals surface area (Å²) in [6, 6.07) is 16.4. The maximum absolute atomic E-state index is 13.1. The van der Waals surface area contributed by atoms with Crippen molar-refractivity contribution in [1.82, 2.24) is 4.57 Å². The van der Waals surface area contributed by atoms with Crippen molar-refractivity contribution in [2.24, 2.45) is 0 Å². The van der Waals surface area contributed by atoms with Gasteiger partial charge < -0.3 is 9.88 Å². The van der Waals surface area contributed by atoms with E-state index in [0.717, 1.165) is 17.7 Å². The molecular weight excluding hydrogens is 343 g/mol. The van der Waals surface area contributed by atoms with E-state index >= 15 is 0 Å². The number of anilines is 1. The fourth-order valence-corrected chi connectivity index (χ4v) is 2.64. The quantitative estimate of drug-likeness (QED) is 0.551. The highest BCUT2D eigenvalue weighted by molar-refractivity contribution is 6.47. The lowest BCUT2D eigenvalue weighted by Gasteiger charge is -2.10. The van der Waals surface area contributed by atoms with Crippen molar-refractivity contribution in [3.05, 3.63) is 89.0 Å². The summed E-state index contributed by atoms with van der Waals surface area (Å²) in [6.45, 7) is 0.472. The van der Waals surface area contributed by atoms with Crippen LogP contribution in [0, 0.1) is 5.82 Å². The number of halogens is 2. The van der Waals surface area contributed by atoms with E-state index in [1.54, 1.807) is 22.9 Å². The van der Waals surface area contributed by atoms with Gasteiger partial charge in [0.25, 0.3) is 11.7 Å². The van der Waals surface area contributed by atoms with Crippen molar-refractivity contribution in [3.63, 3.8) is 0 Å². The van der Waals surface area contributed by atoms with Gasteiger partial charge >= 0.3 is 0 Å². The number of hydrogen-bond acceptors (Lipinski definition) is 2. The highest BCUT2D eigenvalue weighted by Gasteiger charge is 2.20. The Labute approximate surface area is 148 Å². The maximum atomic E-state index is 13.1. The highest BCUT2D eigenvalue weighted by Crippen LogP contribution is 2.22. The molecule has 0 aliphatic rings. The third kappa shape index (κ3) is 3.95. The summed E-state index contributed by atoms with van der Waals surface area (Å²) >= 11 is 5.87. The van der Waals surface area contributed by atoms with Gasteiger partial charge in [-0.25, -0.2) is 4.39 Å². The van der Waals surface area contributed by atoms with Crippen molar-refractivity contribution in [2.45, 2.75) is 6.54 Å². The Hall–Kier alpha value is -2.92. The van der Waals surface area contributed by atoms with E-state index in [2.05, 4.69) is 5.32 Å². The summed E-state index contributed by atoms with van der Waals surface area (Å²) in [7, 11) is 0. The monoisotopic (exact) mass is 356 g/mol. The first-order valence-corrected chi connectivity index (χ1v) is 7.92. The third-order valence-corrected chi connectivity index (χ3v) is 3.96. The van der Waals surface area contributed by atoms with E-state index < -0.39 is 17.5 Å². The molecule has 0 saturated carbocycles. The smallest absolute Gasteiger partial charge is 0.298 e. The van der Waals surface area contributed by atoms with Crippen LogP contribution >= 0.6 is 11.6 Å². The van der Waals surface area contributed by atoms with E-state index in [1.165, 1.54) is 6.07 Å². The minimum absolute atomic E-state index is 0.0285. The van der Waals surface area contributed by atoms with Gasteiger partial charge in [0.2, 0.25) is 0 Å². The van der Waals surface area contributed by atoms with Gasteiger partial charge in [0, 0.05) is 12.7 Å². The minimum Gasteiger partial charge on any atom is -0.340 e. The van der Waals surface area contributed by atoms with Crippen molar-refractivity contribution < 1.29 is 14.0 Å². The highest BCUT2D eigenvalue weighted by atomic mass is 35.5. The zero-order valence-corrected chi connectivity index (χ0v) is 13.8. The van der Waals surface area contributed by atoms with E-state index in [-0.39, 0.29) is 16.4 Å². The Bertz CT molecular complexity index is 922. The van der Waals surface area contributed by atoms with Crippen LogP contribution in [-0.4, -0.2) is 16.3 Å². The van der Waals surface area contributed by atoms with Gasteiger partial charge in [0.15, 0.2) is 0 Å². The molecule has 0 fully saturated rings. The maximum Gasteiger partial charge on any atom is 0.298 e. The number of aromatic nitrogens is 1. The summed E-state index contributed by atoms with van der Waals surface area (Å²) in [6.07, 6.45) is 1.73. The molecule has 25 heavy (non-hydrogen) atoms. The molecular formula is C19H14ClFN2O2. The molecule has 0 atom stereocenters. The number of Topliss-reactive ketones (excluding diaryl/α,β-unsaturated/α-hetero) is 1. The number of carbonyl (C=O) groups excluding carboxylic acids is 2. The van der Waals surface area contributed by atoms with Crippen LogP contribution in [0.4, 0.5) is 10.1 Å². The van der Waals surface area contributed by atoms with Crippen LogP contribution in [0.25, 0.3) is 0 Å². The van der Waals surface area contributed by atoms with Crippen LogP contribution in [0.5, 0.6) is 0 Å². The van der Waals surface area contributed by atoms with Gasteiger partial charge in [-0.2, -0.15) is 0 Å². The fourth-order valence-electron chi connectivity index (χ4n) is 2.42.